The average Bonchev–Trinajstić information content (AvgIpc) is 3.24. The Kier molecular flexibility index (Phi) is 7.41. The van der Waals surface area contributed by atoms with Gasteiger partial charge in [-0.3, -0.25) is 9.59 Å². The third-order valence-electron chi connectivity index (χ3n) is 5.46. The summed E-state index contributed by atoms with van der Waals surface area (Å²) in [5.74, 6) is -1.15. The molecule has 162 valence electrons. The Bertz CT molecular complexity index is 887. The van der Waals surface area contributed by atoms with Crippen molar-refractivity contribution in [1.82, 2.24) is 5.32 Å². The first-order valence-corrected chi connectivity index (χ1v) is 12.0. The van der Waals surface area contributed by atoms with E-state index in [9.17, 15) is 14.4 Å². The summed E-state index contributed by atoms with van der Waals surface area (Å²) >= 11 is 3.18. The van der Waals surface area contributed by atoms with Gasteiger partial charge in [-0.2, -0.15) is 11.8 Å². The number of methoxy groups -OCH3 is 1. The molecule has 1 aromatic heterocycles. The van der Waals surface area contributed by atoms with E-state index in [2.05, 4.69) is 12.2 Å². The number of nitrogens with one attached hydrogen (secondary N) is 1. The number of Topliss-reactive ketones (excluding diaryl/α,β-unsaturated/α-hetero) is 1. The highest BCUT2D eigenvalue weighted by Crippen LogP contribution is 2.46. The maximum atomic E-state index is 13.5. The third kappa shape index (κ3) is 4.34. The van der Waals surface area contributed by atoms with Crippen molar-refractivity contribution in [2.75, 3.05) is 25.2 Å². The number of hydrogen-bond donors (Lipinski definition) is 1. The molecule has 0 amide bonds. The summed E-state index contributed by atoms with van der Waals surface area (Å²) < 4.78 is 10.4. The summed E-state index contributed by atoms with van der Waals surface area (Å²) in [6.45, 7) is 6.08. The highest BCUT2D eigenvalue weighted by atomic mass is 32.2. The summed E-state index contributed by atoms with van der Waals surface area (Å²) in [6, 6.07) is 3.81. The van der Waals surface area contributed by atoms with Crippen LogP contribution in [0.4, 0.5) is 0 Å². The van der Waals surface area contributed by atoms with Gasteiger partial charge < -0.3 is 14.8 Å². The smallest absolute Gasteiger partial charge is 0.336 e. The molecule has 1 N–H and O–H groups in total. The number of carbonyl (C=O) groups excluding carboxylic acids is 3. The number of hydrogen-bond acceptors (Lipinski definition) is 8. The summed E-state index contributed by atoms with van der Waals surface area (Å²) in [7, 11) is 1.29. The van der Waals surface area contributed by atoms with Crippen molar-refractivity contribution in [2.24, 2.45) is 11.8 Å². The monoisotopic (exact) mass is 449 g/mol. The van der Waals surface area contributed by atoms with Crippen LogP contribution in [0.5, 0.6) is 0 Å². The minimum absolute atomic E-state index is 0.187. The van der Waals surface area contributed by atoms with Crippen LogP contribution < -0.4 is 5.32 Å². The van der Waals surface area contributed by atoms with E-state index >= 15 is 0 Å². The van der Waals surface area contributed by atoms with E-state index in [1.807, 2.05) is 31.4 Å². The third-order valence-corrected chi connectivity index (χ3v) is 7.26. The lowest BCUT2D eigenvalue weighted by atomic mass is 9.70. The molecule has 0 fully saturated rings. The van der Waals surface area contributed by atoms with Crippen molar-refractivity contribution < 1.29 is 23.9 Å². The van der Waals surface area contributed by atoms with Crippen LogP contribution >= 0.6 is 23.1 Å². The molecule has 0 radical (unpaired) electrons. The molecule has 1 aliphatic heterocycles. The van der Waals surface area contributed by atoms with E-state index in [1.54, 1.807) is 11.8 Å². The van der Waals surface area contributed by atoms with Crippen LogP contribution in [0, 0.1) is 11.8 Å². The summed E-state index contributed by atoms with van der Waals surface area (Å²) in [5, 5.41) is 5.18. The minimum atomic E-state index is -0.866. The molecular weight excluding hydrogens is 422 g/mol. The van der Waals surface area contributed by atoms with Crippen LogP contribution in [-0.2, 0) is 23.9 Å². The molecule has 0 saturated carbocycles. The first-order valence-electron chi connectivity index (χ1n) is 10.0. The van der Waals surface area contributed by atoms with Crippen molar-refractivity contribution in [1.29, 1.82) is 0 Å². The van der Waals surface area contributed by atoms with Crippen LogP contribution in [0.1, 0.15) is 38.0 Å². The van der Waals surface area contributed by atoms with E-state index in [1.165, 1.54) is 18.4 Å². The second kappa shape index (κ2) is 9.83. The number of ketones is 1. The van der Waals surface area contributed by atoms with E-state index in [-0.39, 0.29) is 11.7 Å². The molecule has 0 bridgehead atoms. The number of ether oxygens (including phenoxy) is 2. The molecular formula is C22H27NO5S2. The Morgan fingerprint density at radius 3 is 2.77 bits per heavy atom. The molecule has 0 aromatic carbocycles. The van der Waals surface area contributed by atoms with Gasteiger partial charge in [-0.1, -0.05) is 19.9 Å². The number of carbonyl (C=O) groups is 3. The molecule has 3 atom stereocenters. The molecule has 0 unspecified atom stereocenters. The standard InChI is InChI=1S/C22H27NO5S2/c1-5-29-10-8-28-22(26)17-13(3)23-14-11-12(2)16(21(25)27-4)20(24)18(14)19(17)15-7-6-9-30-15/h6-7,9,12,16,19,23H,5,8,10-11H2,1-4H3/t12-,16-,19+/m1/s1. The summed E-state index contributed by atoms with van der Waals surface area (Å²) in [4.78, 5) is 39.8. The second-order valence-electron chi connectivity index (χ2n) is 7.38. The number of thiophene rings is 1. The van der Waals surface area contributed by atoms with Crippen LogP contribution in [0.3, 0.4) is 0 Å². The number of rotatable bonds is 7. The van der Waals surface area contributed by atoms with Crippen molar-refractivity contribution in [3.8, 4) is 0 Å². The quantitative estimate of drug-likeness (QED) is 0.386. The SMILES string of the molecule is CCSCCOC(=O)C1=C(C)NC2=C(C(=O)[C@H](C(=O)OC)[C@H](C)C2)[C@H]1c1cccs1. The number of dihydropyridines is 1. The van der Waals surface area contributed by atoms with Gasteiger partial charge in [0.25, 0.3) is 0 Å². The average molecular weight is 450 g/mol. The Hall–Kier alpha value is -2.06. The lowest BCUT2D eigenvalue weighted by molar-refractivity contribution is -0.151. The maximum Gasteiger partial charge on any atom is 0.336 e. The van der Waals surface area contributed by atoms with Crippen molar-refractivity contribution in [3.63, 3.8) is 0 Å². The molecule has 0 saturated heterocycles. The minimum Gasteiger partial charge on any atom is -0.468 e. The number of esters is 2. The predicted molar refractivity (Wildman–Crippen MR) is 118 cm³/mol. The Labute approximate surface area is 185 Å². The molecule has 30 heavy (non-hydrogen) atoms. The first kappa shape index (κ1) is 22.6. The Morgan fingerprint density at radius 2 is 2.13 bits per heavy atom. The van der Waals surface area contributed by atoms with Crippen LogP contribution in [-0.4, -0.2) is 42.9 Å². The first-order chi connectivity index (χ1) is 14.4. The molecule has 8 heteroatoms. The van der Waals surface area contributed by atoms with Crippen molar-refractivity contribution >= 4 is 40.8 Å². The molecule has 2 heterocycles. The van der Waals surface area contributed by atoms with Gasteiger partial charge in [0, 0.05) is 27.6 Å². The van der Waals surface area contributed by atoms with E-state index in [0.717, 1.165) is 22.1 Å². The fraction of sp³-hybridized carbons (Fsp3) is 0.500. The highest BCUT2D eigenvalue weighted by Gasteiger charge is 2.47. The van der Waals surface area contributed by atoms with Crippen molar-refractivity contribution in [3.05, 3.63) is 44.9 Å². The zero-order chi connectivity index (χ0) is 21.8. The molecule has 1 aliphatic carbocycles. The summed E-state index contributed by atoms with van der Waals surface area (Å²) in [6.07, 6.45) is 0.537. The Morgan fingerprint density at radius 1 is 1.37 bits per heavy atom. The molecule has 3 rings (SSSR count). The lowest BCUT2D eigenvalue weighted by Gasteiger charge is -2.37. The van der Waals surface area contributed by atoms with Crippen LogP contribution in [0.15, 0.2) is 40.1 Å². The Balaban J connectivity index is 2.00. The van der Waals surface area contributed by atoms with Gasteiger partial charge in [-0.25, -0.2) is 4.79 Å². The molecule has 6 nitrogen and oxygen atoms in total. The van der Waals surface area contributed by atoms with Gasteiger partial charge in [0.05, 0.1) is 18.6 Å². The fourth-order valence-electron chi connectivity index (χ4n) is 4.11. The maximum absolute atomic E-state index is 13.5. The molecule has 1 aromatic rings. The van der Waals surface area contributed by atoms with Gasteiger partial charge in [0.1, 0.15) is 12.5 Å². The van der Waals surface area contributed by atoms with Gasteiger partial charge in [-0.15, -0.1) is 11.3 Å². The normalized spacial score (nSPS) is 23.7. The second-order valence-corrected chi connectivity index (χ2v) is 9.76. The van der Waals surface area contributed by atoms with Gasteiger partial charge in [-0.05, 0) is 36.5 Å². The number of thioether (sulfide) groups is 1. The van der Waals surface area contributed by atoms with Gasteiger partial charge >= 0.3 is 11.9 Å². The van der Waals surface area contributed by atoms with Crippen LogP contribution in [0.2, 0.25) is 0 Å². The van der Waals surface area contributed by atoms with Crippen molar-refractivity contribution in [2.45, 2.75) is 33.1 Å². The molecule has 2 aliphatic rings. The summed E-state index contributed by atoms with van der Waals surface area (Å²) in [5.41, 5.74) is 2.38. The largest absolute Gasteiger partial charge is 0.468 e. The zero-order valence-corrected chi connectivity index (χ0v) is 19.3. The number of allylic oxidation sites excluding steroid dienone is 3. The van der Waals surface area contributed by atoms with Gasteiger partial charge in [0.2, 0.25) is 0 Å². The van der Waals surface area contributed by atoms with Gasteiger partial charge in [0.15, 0.2) is 5.78 Å². The zero-order valence-electron chi connectivity index (χ0n) is 17.7. The van der Waals surface area contributed by atoms with E-state index < -0.39 is 23.8 Å². The predicted octanol–water partition coefficient (Wildman–Crippen LogP) is 3.66. The highest BCUT2D eigenvalue weighted by molar-refractivity contribution is 7.99. The topological polar surface area (TPSA) is 81.7 Å². The molecule has 0 spiro atoms. The van der Waals surface area contributed by atoms with Crippen LogP contribution in [0.25, 0.3) is 0 Å². The fourth-order valence-corrected chi connectivity index (χ4v) is 5.44. The lowest BCUT2D eigenvalue weighted by Crippen LogP contribution is -2.43. The van der Waals surface area contributed by atoms with E-state index in [0.29, 0.717) is 29.9 Å². The van der Waals surface area contributed by atoms with E-state index in [4.69, 9.17) is 9.47 Å².